The van der Waals surface area contributed by atoms with E-state index in [1.165, 1.54) is 11.3 Å². The number of nitrogens with zero attached hydrogens (tertiary/aromatic N) is 2. The van der Waals surface area contributed by atoms with Crippen molar-refractivity contribution in [2.75, 3.05) is 19.0 Å². The maximum atomic E-state index is 12.3. The van der Waals surface area contributed by atoms with E-state index in [1.807, 2.05) is 67.5 Å². The molecule has 2 aromatic carbocycles. The van der Waals surface area contributed by atoms with E-state index in [1.54, 1.807) is 6.20 Å². The second kappa shape index (κ2) is 7.27. The van der Waals surface area contributed by atoms with E-state index < -0.39 is 0 Å². The number of carbonyl (C=O) groups is 1. The molecule has 1 heterocycles. The van der Waals surface area contributed by atoms with Crippen LogP contribution in [0.3, 0.4) is 0 Å². The van der Waals surface area contributed by atoms with E-state index in [0.29, 0.717) is 11.4 Å². The van der Waals surface area contributed by atoms with Crippen LogP contribution in [-0.2, 0) is 6.54 Å². The predicted octanol–water partition coefficient (Wildman–Crippen LogP) is 3.81. The number of benzene rings is 2. The number of rotatable bonds is 5. The maximum absolute atomic E-state index is 12.3. The Morgan fingerprint density at radius 3 is 2.67 bits per heavy atom. The molecule has 0 atom stereocenters. The third-order valence-electron chi connectivity index (χ3n) is 3.63. The van der Waals surface area contributed by atoms with Gasteiger partial charge >= 0.3 is 0 Å². The van der Waals surface area contributed by atoms with Gasteiger partial charge in [0.15, 0.2) is 0 Å². The summed E-state index contributed by atoms with van der Waals surface area (Å²) in [6.07, 6.45) is 1.64. The first-order valence-corrected chi connectivity index (χ1v) is 8.51. The number of nitrogens with one attached hydrogen (secondary N) is 1. The zero-order valence-electron chi connectivity index (χ0n) is 13.7. The van der Waals surface area contributed by atoms with Gasteiger partial charge in [-0.15, -0.1) is 11.3 Å². The fourth-order valence-electron chi connectivity index (χ4n) is 2.31. The molecular weight excluding hydrogens is 318 g/mol. The van der Waals surface area contributed by atoms with Crippen molar-refractivity contribution < 1.29 is 4.79 Å². The van der Waals surface area contributed by atoms with Gasteiger partial charge in [-0.3, -0.25) is 4.79 Å². The molecular formula is C19H19N3OS. The Bertz CT molecular complexity index is 827. The molecule has 5 heteroatoms. The Balaban J connectivity index is 1.66. The van der Waals surface area contributed by atoms with Crippen LogP contribution in [0.15, 0.2) is 60.8 Å². The van der Waals surface area contributed by atoms with Crippen molar-refractivity contribution in [2.45, 2.75) is 6.54 Å². The van der Waals surface area contributed by atoms with Crippen LogP contribution in [0.2, 0.25) is 0 Å². The fourth-order valence-corrected chi connectivity index (χ4v) is 3.15. The van der Waals surface area contributed by atoms with E-state index in [4.69, 9.17) is 0 Å². The highest BCUT2D eigenvalue weighted by atomic mass is 32.1. The second-order valence-corrected chi connectivity index (χ2v) is 6.67. The molecule has 0 unspecified atom stereocenters. The summed E-state index contributed by atoms with van der Waals surface area (Å²) in [5, 5.41) is 3.82. The third kappa shape index (κ3) is 3.81. The Hall–Kier alpha value is -2.66. The summed E-state index contributed by atoms with van der Waals surface area (Å²) in [5.74, 6) is -0.0927. The second-order valence-electron chi connectivity index (χ2n) is 5.64. The van der Waals surface area contributed by atoms with Crippen LogP contribution in [-0.4, -0.2) is 25.0 Å². The van der Waals surface area contributed by atoms with Crippen molar-refractivity contribution in [3.63, 3.8) is 0 Å². The van der Waals surface area contributed by atoms with Crippen molar-refractivity contribution >= 4 is 22.9 Å². The molecule has 3 aromatic rings. The van der Waals surface area contributed by atoms with Crippen LogP contribution in [0, 0.1) is 0 Å². The molecule has 0 aliphatic heterocycles. The van der Waals surface area contributed by atoms with Crippen LogP contribution in [0.5, 0.6) is 0 Å². The van der Waals surface area contributed by atoms with E-state index >= 15 is 0 Å². The number of carbonyl (C=O) groups excluding carboxylic acids is 1. The van der Waals surface area contributed by atoms with Gasteiger partial charge in [0.2, 0.25) is 0 Å². The average Bonchev–Trinajstić information content (AvgIpc) is 3.11. The quantitative estimate of drug-likeness (QED) is 0.770. The summed E-state index contributed by atoms with van der Waals surface area (Å²) in [6, 6.07) is 18.0. The molecule has 1 N–H and O–H groups in total. The van der Waals surface area contributed by atoms with Crippen molar-refractivity contribution in [1.82, 2.24) is 10.3 Å². The number of anilines is 1. The summed E-state index contributed by atoms with van der Waals surface area (Å²) in [7, 11) is 4.00. The highest BCUT2D eigenvalue weighted by molar-refractivity contribution is 7.16. The lowest BCUT2D eigenvalue weighted by Crippen LogP contribution is -2.22. The summed E-state index contributed by atoms with van der Waals surface area (Å²) in [6.45, 7) is 0.499. The third-order valence-corrected chi connectivity index (χ3v) is 4.68. The molecule has 0 bridgehead atoms. The Kier molecular flexibility index (Phi) is 4.91. The topological polar surface area (TPSA) is 45.2 Å². The Morgan fingerprint density at radius 1 is 1.12 bits per heavy atom. The van der Waals surface area contributed by atoms with Gasteiger partial charge in [0, 0.05) is 31.9 Å². The largest absolute Gasteiger partial charge is 0.378 e. The van der Waals surface area contributed by atoms with Crippen LogP contribution >= 0.6 is 11.3 Å². The molecule has 1 aromatic heterocycles. The van der Waals surface area contributed by atoms with Crippen molar-refractivity contribution in [3.8, 4) is 10.6 Å². The van der Waals surface area contributed by atoms with Gasteiger partial charge < -0.3 is 10.2 Å². The number of amides is 1. The Morgan fingerprint density at radius 2 is 1.92 bits per heavy atom. The fraction of sp³-hybridized carbons (Fsp3) is 0.158. The molecule has 0 aliphatic rings. The van der Waals surface area contributed by atoms with Gasteiger partial charge in [-0.1, -0.05) is 42.5 Å². The van der Waals surface area contributed by atoms with Gasteiger partial charge in [-0.25, -0.2) is 4.98 Å². The summed E-state index contributed by atoms with van der Waals surface area (Å²) >= 11 is 1.41. The highest BCUT2D eigenvalue weighted by Gasteiger charge is 2.11. The molecule has 4 nitrogen and oxygen atoms in total. The summed E-state index contributed by atoms with van der Waals surface area (Å²) in [5.41, 5.74) is 3.22. The maximum Gasteiger partial charge on any atom is 0.263 e. The molecule has 0 aliphatic carbocycles. The van der Waals surface area contributed by atoms with Crippen LogP contribution in [0.4, 0.5) is 5.69 Å². The summed E-state index contributed by atoms with van der Waals surface area (Å²) < 4.78 is 0. The Labute approximate surface area is 145 Å². The van der Waals surface area contributed by atoms with E-state index in [9.17, 15) is 4.79 Å². The lowest BCUT2D eigenvalue weighted by atomic mass is 10.2. The normalized spacial score (nSPS) is 10.4. The van der Waals surface area contributed by atoms with Gasteiger partial charge in [-0.2, -0.15) is 0 Å². The zero-order chi connectivity index (χ0) is 16.9. The first-order chi connectivity index (χ1) is 11.6. The molecule has 0 radical (unpaired) electrons. The zero-order valence-corrected chi connectivity index (χ0v) is 14.5. The minimum Gasteiger partial charge on any atom is -0.378 e. The highest BCUT2D eigenvalue weighted by Crippen LogP contribution is 2.24. The van der Waals surface area contributed by atoms with Crippen LogP contribution in [0.1, 0.15) is 15.2 Å². The number of hydrogen-bond acceptors (Lipinski definition) is 4. The van der Waals surface area contributed by atoms with Crippen molar-refractivity contribution in [2.24, 2.45) is 0 Å². The predicted molar refractivity (Wildman–Crippen MR) is 99.5 cm³/mol. The minimum atomic E-state index is -0.0927. The summed E-state index contributed by atoms with van der Waals surface area (Å²) in [4.78, 5) is 19.3. The van der Waals surface area contributed by atoms with Gasteiger partial charge in [-0.05, 0) is 17.7 Å². The lowest BCUT2D eigenvalue weighted by molar-refractivity contribution is 0.0955. The van der Waals surface area contributed by atoms with Crippen molar-refractivity contribution in [3.05, 3.63) is 71.2 Å². The van der Waals surface area contributed by atoms with Crippen molar-refractivity contribution in [1.29, 1.82) is 0 Å². The molecule has 0 spiro atoms. The number of aromatic nitrogens is 1. The first-order valence-electron chi connectivity index (χ1n) is 7.69. The average molecular weight is 337 g/mol. The minimum absolute atomic E-state index is 0.0927. The van der Waals surface area contributed by atoms with Gasteiger partial charge in [0.1, 0.15) is 9.88 Å². The standard InChI is InChI=1S/C19H19N3OS/c1-22(2)16-10-6-7-14(11-16)12-20-18(23)17-13-21-19(24-17)15-8-4-3-5-9-15/h3-11,13H,12H2,1-2H3,(H,20,23). The lowest BCUT2D eigenvalue weighted by Gasteiger charge is -2.13. The first kappa shape index (κ1) is 16.2. The van der Waals surface area contributed by atoms with Gasteiger partial charge in [0.05, 0.1) is 6.20 Å². The molecule has 0 saturated carbocycles. The molecule has 1 amide bonds. The van der Waals surface area contributed by atoms with Gasteiger partial charge in [0.25, 0.3) is 5.91 Å². The van der Waals surface area contributed by atoms with E-state index in [2.05, 4.69) is 16.4 Å². The molecule has 122 valence electrons. The number of hydrogen-bond donors (Lipinski definition) is 1. The molecule has 0 fully saturated rings. The van der Waals surface area contributed by atoms with E-state index in [-0.39, 0.29) is 5.91 Å². The molecule has 3 rings (SSSR count). The monoisotopic (exact) mass is 337 g/mol. The van der Waals surface area contributed by atoms with Crippen LogP contribution in [0.25, 0.3) is 10.6 Å². The molecule has 24 heavy (non-hydrogen) atoms. The van der Waals surface area contributed by atoms with Crippen LogP contribution < -0.4 is 10.2 Å². The number of thiazole rings is 1. The van der Waals surface area contributed by atoms with E-state index in [0.717, 1.165) is 21.8 Å². The smallest absolute Gasteiger partial charge is 0.263 e. The molecule has 0 saturated heterocycles. The SMILES string of the molecule is CN(C)c1cccc(CNC(=O)c2cnc(-c3ccccc3)s2)c1.